The summed E-state index contributed by atoms with van der Waals surface area (Å²) in [7, 11) is 0. The van der Waals surface area contributed by atoms with Gasteiger partial charge in [-0.3, -0.25) is 14.4 Å². The number of carboxylic acid groups (broad SMARTS) is 2. The number of aryl methyl sites for hydroxylation is 1. The number of rotatable bonds is 7. The fraction of sp³-hybridized carbons (Fsp3) is 0.333. The lowest BCUT2D eigenvalue weighted by molar-refractivity contribution is -0.147. The minimum atomic E-state index is -1.65. The number of carbonyl (C=O) groups excluding carboxylic acids is 3. The van der Waals surface area contributed by atoms with Crippen molar-refractivity contribution in [3.05, 3.63) is 53.1 Å². The quantitative estimate of drug-likeness (QED) is 0.136. The van der Waals surface area contributed by atoms with Crippen molar-refractivity contribution in [3.63, 3.8) is 0 Å². The molecule has 1 saturated heterocycles. The van der Waals surface area contributed by atoms with Crippen LogP contribution in [0.15, 0.2) is 41.4 Å². The lowest BCUT2D eigenvalue weighted by atomic mass is 10.0. The van der Waals surface area contributed by atoms with Gasteiger partial charge < -0.3 is 41.4 Å². The number of likely N-dealkylation sites (tertiary alicyclic amines) is 1. The Kier molecular flexibility index (Phi) is 8.70. The molecule has 2 aliphatic rings. The number of aliphatic carboxylic acids is 2. The highest BCUT2D eigenvalue weighted by molar-refractivity contribution is 6.02. The molecule has 0 radical (unpaired) electrons. The zero-order valence-corrected chi connectivity index (χ0v) is 21.9. The van der Waals surface area contributed by atoms with Crippen LogP contribution in [0.3, 0.4) is 0 Å². The van der Waals surface area contributed by atoms with E-state index in [1.165, 1.54) is 23.1 Å². The van der Waals surface area contributed by atoms with Gasteiger partial charge in [-0.05, 0) is 61.6 Å². The number of guanidine groups is 1. The molecule has 0 spiro atoms. The summed E-state index contributed by atoms with van der Waals surface area (Å²) in [6.07, 6.45) is 0.803. The number of hydrogen-bond donors (Lipinski definition) is 5. The average Bonchev–Trinajstić information content (AvgIpc) is 3.40. The summed E-state index contributed by atoms with van der Waals surface area (Å²) in [6, 6.07) is 6.61. The number of benzene rings is 2. The summed E-state index contributed by atoms with van der Waals surface area (Å²) >= 11 is 0. The van der Waals surface area contributed by atoms with Crippen molar-refractivity contribution in [2.75, 3.05) is 13.2 Å². The Morgan fingerprint density at radius 3 is 2.61 bits per heavy atom. The summed E-state index contributed by atoms with van der Waals surface area (Å²) in [5, 5.41) is 20.5. The Hall–Kier alpha value is -5.14. The topological polar surface area (TPSA) is 224 Å². The zero-order valence-electron chi connectivity index (χ0n) is 21.9. The molecule has 2 heterocycles. The van der Waals surface area contributed by atoms with E-state index in [0.717, 1.165) is 0 Å². The molecule has 1 unspecified atom stereocenters. The van der Waals surface area contributed by atoms with E-state index in [1.807, 2.05) is 0 Å². The van der Waals surface area contributed by atoms with Gasteiger partial charge in [0.25, 0.3) is 5.91 Å². The molecule has 14 nitrogen and oxygen atoms in total. The predicted octanol–water partition coefficient (Wildman–Crippen LogP) is 0.784. The maximum Gasteiger partial charge on any atom is 0.343 e. The molecule has 216 valence electrons. The van der Waals surface area contributed by atoms with Gasteiger partial charge in [0.1, 0.15) is 12.1 Å². The van der Waals surface area contributed by atoms with E-state index in [0.29, 0.717) is 36.1 Å². The highest BCUT2D eigenvalue weighted by Gasteiger charge is 2.38. The molecule has 0 aliphatic carbocycles. The van der Waals surface area contributed by atoms with E-state index >= 15 is 0 Å². The molecule has 2 aliphatic heterocycles. The number of para-hydroxylation sites is 1. The van der Waals surface area contributed by atoms with Crippen molar-refractivity contribution in [3.8, 4) is 11.5 Å². The van der Waals surface area contributed by atoms with Crippen molar-refractivity contribution in [2.45, 2.75) is 44.2 Å². The molecule has 2 aromatic rings. The Labute approximate surface area is 233 Å². The van der Waals surface area contributed by atoms with Gasteiger partial charge in [0, 0.05) is 6.54 Å². The molecule has 4 rings (SSSR count). The molecule has 41 heavy (non-hydrogen) atoms. The molecule has 0 bridgehead atoms. The number of carboxylic acids is 2. The number of esters is 1. The number of nitrogens with zero attached hydrogens (tertiary/aromatic N) is 2. The maximum atomic E-state index is 13.7. The van der Waals surface area contributed by atoms with Crippen LogP contribution in [0.4, 0.5) is 5.69 Å². The first kappa shape index (κ1) is 28.9. The third kappa shape index (κ3) is 6.72. The standard InChI is InChI=1S/C27H29N5O9/c28-27(29)30-15-8-9-16-14(12-15)4-3-11-40-22-17(5-1-7-20(22)41-26(16)39)24(36)32-10-2-6-19(32)23(35)31-18(25(37)38)13-21(33)34/h1,5,7-9,12,18-19H,2-4,6,10-11,13H2,(H,31,35)(H,33,34)(H,37,38)(H4,28,29,30)/t18?,19-/m0/s1. The molecule has 1 fully saturated rings. The first-order chi connectivity index (χ1) is 19.5. The van der Waals surface area contributed by atoms with Crippen LogP contribution in [-0.4, -0.2) is 76.0 Å². The highest BCUT2D eigenvalue weighted by atomic mass is 16.6. The lowest BCUT2D eigenvalue weighted by Crippen LogP contribution is -2.51. The molecule has 7 N–H and O–H groups in total. The molecule has 2 atom stereocenters. The van der Waals surface area contributed by atoms with Gasteiger partial charge in [-0.25, -0.2) is 14.6 Å². The fourth-order valence-electron chi connectivity index (χ4n) is 4.79. The molecule has 2 amide bonds. The zero-order chi connectivity index (χ0) is 29.7. The van der Waals surface area contributed by atoms with E-state index in [-0.39, 0.29) is 42.6 Å². The molecule has 2 aromatic carbocycles. The second kappa shape index (κ2) is 12.4. The normalized spacial score (nSPS) is 17.1. The second-order valence-corrected chi connectivity index (χ2v) is 9.51. The molecule has 0 saturated carbocycles. The number of nitrogens with one attached hydrogen (secondary N) is 1. The monoisotopic (exact) mass is 567 g/mol. The van der Waals surface area contributed by atoms with E-state index < -0.39 is 48.2 Å². The van der Waals surface area contributed by atoms with Crippen molar-refractivity contribution < 1.29 is 43.7 Å². The lowest BCUT2D eigenvalue weighted by Gasteiger charge is -2.26. The van der Waals surface area contributed by atoms with Gasteiger partial charge in [0.2, 0.25) is 5.91 Å². The van der Waals surface area contributed by atoms with Gasteiger partial charge in [0.05, 0.1) is 29.8 Å². The van der Waals surface area contributed by atoms with Gasteiger partial charge in [-0.2, -0.15) is 0 Å². The Morgan fingerprint density at radius 2 is 1.90 bits per heavy atom. The number of fused-ring (bicyclic) bond motifs is 2. The Morgan fingerprint density at radius 1 is 1.12 bits per heavy atom. The summed E-state index contributed by atoms with van der Waals surface area (Å²) in [5.74, 6) is -5.01. The summed E-state index contributed by atoms with van der Waals surface area (Å²) in [6.45, 7) is 0.364. The number of ether oxygens (including phenoxy) is 2. The molecule has 14 heteroatoms. The van der Waals surface area contributed by atoms with Gasteiger partial charge >= 0.3 is 17.9 Å². The predicted molar refractivity (Wildman–Crippen MR) is 143 cm³/mol. The van der Waals surface area contributed by atoms with Gasteiger partial charge in [0.15, 0.2) is 17.5 Å². The third-order valence-corrected chi connectivity index (χ3v) is 6.63. The summed E-state index contributed by atoms with van der Waals surface area (Å²) in [5.41, 5.74) is 12.4. The second-order valence-electron chi connectivity index (χ2n) is 9.51. The first-order valence-corrected chi connectivity index (χ1v) is 12.8. The smallest absolute Gasteiger partial charge is 0.343 e. The van der Waals surface area contributed by atoms with Crippen molar-refractivity contribution >= 4 is 41.4 Å². The van der Waals surface area contributed by atoms with Crippen molar-refractivity contribution in [1.29, 1.82) is 0 Å². The fourth-order valence-corrected chi connectivity index (χ4v) is 4.79. The summed E-state index contributed by atoms with van der Waals surface area (Å²) in [4.78, 5) is 67.4. The largest absolute Gasteiger partial charge is 0.489 e. The van der Waals surface area contributed by atoms with Crippen LogP contribution in [-0.2, 0) is 20.8 Å². The number of amides is 2. The minimum absolute atomic E-state index is 0.00889. The van der Waals surface area contributed by atoms with Crippen LogP contribution < -0.4 is 26.3 Å². The Balaban J connectivity index is 1.59. The Bertz CT molecular complexity index is 1420. The van der Waals surface area contributed by atoms with Gasteiger partial charge in [-0.1, -0.05) is 6.07 Å². The van der Waals surface area contributed by atoms with Crippen LogP contribution in [0.25, 0.3) is 0 Å². The van der Waals surface area contributed by atoms with Crippen LogP contribution in [0.5, 0.6) is 11.5 Å². The first-order valence-electron chi connectivity index (χ1n) is 12.8. The molecular formula is C27H29N5O9. The van der Waals surface area contributed by atoms with Crippen LogP contribution in [0.1, 0.15) is 52.0 Å². The third-order valence-electron chi connectivity index (χ3n) is 6.63. The van der Waals surface area contributed by atoms with Crippen LogP contribution in [0, 0.1) is 0 Å². The SMILES string of the molecule is NC(N)=Nc1ccc2c(c1)CCCOc1c(cccc1C(=O)N1CCC[C@H]1C(=O)NC(CC(=O)O)C(=O)O)OC2=O. The van der Waals surface area contributed by atoms with Crippen LogP contribution >= 0.6 is 0 Å². The minimum Gasteiger partial charge on any atom is -0.489 e. The highest BCUT2D eigenvalue weighted by Crippen LogP contribution is 2.35. The number of hydrogen-bond acceptors (Lipinski definition) is 8. The van der Waals surface area contributed by atoms with E-state index in [9.17, 15) is 29.1 Å². The van der Waals surface area contributed by atoms with Crippen molar-refractivity contribution in [2.24, 2.45) is 16.5 Å². The van der Waals surface area contributed by atoms with E-state index in [1.54, 1.807) is 18.2 Å². The maximum absolute atomic E-state index is 13.7. The summed E-state index contributed by atoms with van der Waals surface area (Å²) < 4.78 is 11.6. The number of carbonyl (C=O) groups is 5. The van der Waals surface area contributed by atoms with Gasteiger partial charge in [-0.15, -0.1) is 0 Å². The molecular weight excluding hydrogens is 538 g/mol. The molecule has 0 aromatic heterocycles. The average molecular weight is 568 g/mol. The number of aliphatic imine (C=N–C) groups is 1. The van der Waals surface area contributed by atoms with E-state index in [4.69, 9.17) is 26.0 Å². The van der Waals surface area contributed by atoms with Crippen LogP contribution in [0.2, 0.25) is 0 Å². The van der Waals surface area contributed by atoms with Crippen molar-refractivity contribution in [1.82, 2.24) is 10.2 Å². The number of nitrogens with two attached hydrogens (primary N) is 2. The van der Waals surface area contributed by atoms with E-state index in [2.05, 4.69) is 10.3 Å².